The number of benzene rings is 1. The number of fused-ring (bicyclic) bond motifs is 2. The first-order valence-electron chi connectivity index (χ1n) is 15.6. The Balaban J connectivity index is 1.20. The van der Waals surface area contributed by atoms with Gasteiger partial charge in [-0.05, 0) is 81.6 Å². The first-order chi connectivity index (χ1) is 21.5. The lowest BCUT2D eigenvalue weighted by atomic mass is 9.85. The number of rotatable bonds is 6. The summed E-state index contributed by atoms with van der Waals surface area (Å²) in [4.78, 5) is 32.5. The Kier molecular flexibility index (Phi) is 7.98. The quantitative estimate of drug-likeness (QED) is 0.263. The van der Waals surface area contributed by atoms with Gasteiger partial charge in [-0.1, -0.05) is 45.0 Å². The molecule has 4 aromatic rings. The summed E-state index contributed by atoms with van der Waals surface area (Å²) >= 11 is 0. The molecule has 4 heterocycles. The van der Waals surface area contributed by atoms with E-state index >= 15 is 0 Å². The van der Waals surface area contributed by atoms with Crippen LogP contribution in [0.4, 0.5) is 10.5 Å². The average molecular weight is 611 g/mol. The second kappa shape index (κ2) is 11.8. The predicted octanol–water partition coefficient (Wildman–Crippen LogP) is 5.50. The van der Waals surface area contributed by atoms with Crippen molar-refractivity contribution in [2.24, 2.45) is 0 Å². The Bertz CT molecular complexity index is 1750. The molecule has 1 aliphatic heterocycles. The number of aromatic nitrogens is 4. The van der Waals surface area contributed by atoms with Gasteiger partial charge in [0.1, 0.15) is 17.5 Å². The van der Waals surface area contributed by atoms with Gasteiger partial charge in [-0.2, -0.15) is 0 Å². The zero-order chi connectivity index (χ0) is 31.9. The van der Waals surface area contributed by atoms with E-state index in [1.54, 1.807) is 13.1 Å². The number of anilines is 1. The fourth-order valence-electron chi connectivity index (χ4n) is 6.43. The lowest BCUT2D eigenvalue weighted by Crippen LogP contribution is -2.37. The maximum atomic E-state index is 13.3. The van der Waals surface area contributed by atoms with Crippen molar-refractivity contribution in [1.82, 2.24) is 35.1 Å². The normalized spacial score (nSPS) is 21.7. The molecule has 1 aliphatic carbocycles. The Morgan fingerprint density at radius 2 is 1.82 bits per heavy atom. The number of hydrogen-bond donors (Lipinski definition) is 3. The van der Waals surface area contributed by atoms with Gasteiger partial charge in [0.25, 0.3) is 5.91 Å². The molecule has 0 radical (unpaired) electrons. The summed E-state index contributed by atoms with van der Waals surface area (Å²) in [6, 6.07) is 14.8. The highest BCUT2D eigenvalue weighted by Crippen LogP contribution is 2.40. The number of carbonyl (C=O) groups is 2. The third-order valence-corrected chi connectivity index (χ3v) is 9.19. The third kappa shape index (κ3) is 5.96. The van der Waals surface area contributed by atoms with E-state index in [0.717, 1.165) is 54.2 Å². The van der Waals surface area contributed by atoms with E-state index in [1.165, 1.54) is 0 Å². The van der Waals surface area contributed by atoms with Crippen molar-refractivity contribution < 1.29 is 14.3 Å². The fourth-order valence-corrected chi connectivity index (χ4v) is 6.43. The number of nitrogens with one attached hydrogen (secondary N) is 3. The van der Waals surface area contributed by atoms with Gasteiger partial charge < -0.3 is 20.7 Å². The summed E-state index contributed by atoms with van der Waals surface area (Å²) in [5, 5.41) is 17.7. The third-order valence-electron chi connectivity index (χ3n) is 9.19. The molecule has 45 heavy (non-hydrogen) atoms. The number of urea groups is 1. The lowest BCUT2D eigenvalue weighted by Gasteiger charge is -2.32. The van der Waals surface area contributed by atoms with Crippen LogP contribution in [-0.4, -0.2) is 57.1 Å². The topological polar surface area (TPSA) is 126 Å². The molecule has 3 atom stereocenters. The van der Waals surface area contributed by atoms with Gasteiger partial charge in [-0.3, -0.25) is 14.1 Å². The van der Waals surface area contributed by atoms with Crippen molar-refractivity contribution in [1.29, 1.82) is 0 Å². The number of carbonyl (C=O) groups excluding carboxylic acids is 2. The van der Waals surface area contributed by atoms with Crippen LogP contribution in [0.5, 0.6) is 5.75 Å². The van der Waals surface area contributed by atoms with Crippen LogP contribution >= 0.6 is 0 Å². The Labute approximate surface area is 263 Å². The second-order valence-corrected chi connectivity index (χ2v) is 13.3. The maximum absolute atomic E-state index is 13.3. The molecule has 1 aromatic carbocycles. The number of pyridine rings is 2. The molecule has 1 fully saturated rings. The minimum atomic E-state index is -0.348. The van der Waals surface area contributed by atoms with Crippen molar-refractivity contribution in [2.75, 3.05) is 26.0 Å². The van der Waals surface area contributed by atoms with Crippen LogP contribution < -0.4 is 20.7 Å². The van der Waals surface area contributed by atoms with Gasteiger partial charge in [-0.15, -0.1) is 10.2 Å². The van der Waals surface area contributed by atoms with Crippen LogP contribution in [0.3, 0.4) is 0 Å². The summed E-state index contributed by atoms with van der Waals surface area (Å²) in [5.74, 6) is 1.36. The van der Waals surface area contributed by atoms with Crippen molar-refractivity contribution in [3.63, 3.8) is 0 Å². The number of likely N-dealkylation sites (tertiary alicyclic amines) is 1. The molecule has 2 aliphatic rings. The van der Waals surface area contributed by atoms with Crippen molar-refractivity contribution in [3.8, 4) is 5.75 Å². The monoisotopic (exact) mass is 610 g/mol. The summed E-state index contributed by atoms with van der Waals surface area (Å²) in [5.41, 5.74) is 3.85. The van der Waals surface area contributed by atoms with Crippen molar-refractivity contribution >= 4 is 23.3 Å². The molecule has 6 rings (SSSR count). The summed E-state index contributed by atoms with van der Waals surface area (Å²) in [6.45, 7) is 9.31. The Hall–Kier alpha value is -4.51. The minimum Gasteiger partial charge on any atom is -0.484 e. The maximum Gasteiger partial charge on any atom is 0.319 e. The largest absolute Gasteiger partial charge is 0.484 e. The molecule has 0 unspecified atom stereocenters. The Morgan fingerprint density at radius 3 is 2.53 bits per heavy atom. The van der Waals surface area contributed by atoms with Gasteiger partial charge in [0.05, 0.1) is 17.8 Å². The molecule has 3 amide bonds. The average Bonchev–Trinajstić information content (AvgIpc) is 3.60. The van der Waals surface area contributed by atoms with Crippen molar-refractivity contribution in [3.05, 3.63) is 83.1 Å². The molecule has 11 nitrogen and oxygen atoms in total. The van der Waals surface area contributed by atoms with Gasteiger partial charge in [-0.25, -0.2) is 9.78 Å². The molecule has 3 aromatic heterocycles. The molecule has 236 valence electrons. The zero-order valence-corrected chi connectivity index (χ0v) is 26.8. The SMILES string of the molecule is CNC(=O)c1cc(NC(=O)N[C@H]2CC[C@@H](Oc3ccc4nnc([C@]5(C)CCCN5C)n4c3)c3ccccc32)cc(C(C)(C)C)n1. The number of ether oxygens (including phenoxy) is 1. The highest BCUT2D eigenvalue weighted by atomic mass is 16.5. The van der Waals surface area contributed by atoms with Crippen LogP contribution in [0.1, 0.15) is 98.7 Å². The number of amides is 3. The van der Waals surface area contributed by atoms with Gasteiger partial charge in [0.15, 0.2) is 11.5 Å². The van der Waals surface area contributed by atoms with Crippen LogP contribution in [-0.2, 0) is 11.0 Å². The van der Waals surface area contributed by atoms with Crippen LogP contribution in [0.2, 0.25) is 0 Å². The van der Waals surface area contributed by atoms with E-state index in [1.807, 2.05) is 63.4 Å². The van der Waals surface area contributed by atoms with Crippen LogP contribution in [0.25, 0.3) is 5.65 Å². The first kappa shape index (κ1) is 30.5. The Morgan fingerprint density at radius 1 is 1.04 bits per heavy atom. The van der Waals surface area contributed by atoms with Crippen molar-refractivity contribution in [2.45, 2.75) is 76.5 Å². The lowest BCUT2D eigenvalue weighted by molar-refractivity contribution is 0.0957. The molecular weight excluding hydrogens is 568 g/mol. The summed E-state index contributed by atoms with van der Waals surface area (Å²) in [6.07, 6.45) is 5.40. The van der Waals surface area contributed by atoms with E-state index < -0.39 is 0 Å². The number of hydrogen-bond acceptors (Lipinski definition) is 7. The molecule has 0 bridgehead atoms. The second-order valence-electron chi connectivity index (χ2n) is 13.3. The highest BCUT2D eigenvalue weighted by Gasteiger charge is 2.40. The van der Waals surface area contributed by atoms with Gasteiger partial charge in [0, 0.05) is 23.8 Å². The molecule has 11 heteroatoms. The van der Waals surface area contributed by atoms with E-state index in [9.17, 15) is 9.59 Å². The van der Waals surface area contributed by atoms with E-state index in [2.05, 4.69) is 60.5 Å². The summed E-state index contributed by atoms with van der Waals surface area (Å²) in [7, 11) is 3.70. The summed E-state index contributed by atoms with van der Waals surface area (Å²) < 4.78 is 8.67. The molecule has 0 saturated carbocycles. The smallest absolute Gasteiger partial charge is 0.319 e. The standard InChI is InChI=1S/C34H42N8O3/c1-33(2,3)28-19-21(18-26(37-28)30(43)35-5)36-32(44)38-25-13-14-27(24-11-8-7-10-23(24)25)45-22-12-15-29-39-40-31(42(29)20-22)34(4)16-9-17-41(34)6/h7-8,10-12,15,18-20,25,27H,9,13-14,16-17H2,1-6H3,(H,35,43)(H2,36,37,38,44)/t25-,27+,34-/m0/s1. The molecular formula is C34H42N8O3. The molecule has 1 saturated heterocycles. The first-order valence-corrected chi connectivity index (χ1v) is 15.6. The van der Waals surface area contributed by atoms with E-state index in [4.69, 9.17) is 4.74 Å². The van der Waals surface area contributed by atoms with E-state index in [0.29, 0.717) is 17.8 Å². The van der Waals surface area contributed by atoms with Crippen LogP contribution in [0, 0.1) is 0 Å². The molecule has 3 N–H and O–H groups in total. The van der Waals surface area contributed by atoms with E-state index in [-0.39, 0.29) is 40.7 Å². The van der Waals surface area contributed by atoms with Gasteiger partial charge >= 0.3 is 6.03 Å². The minimum absolute atomic E-state index is 0.172. The van der Waals surface area contributed by atoms with Gasteiger partial charge in [0.2, 0.25) is 0 Å². The fraction of sp³-hybridized carbons (Fsp3) is 0.441. The predicted molar refractivity (Wildman–Crippen MR) is 172 cm³/mol. The molecule has 0 spiro atoms. The number of nitrogens with zero attached hydrogens (tertiary/aromatic N) is 5. The zero-order valence-electron chi connectivity index (χ0n) is 26.8. The highest BCUT2D eigenvalue weighted by molar-refractivity contribution is 5.95. The van der Waals surface area contributed by atoms with Crippen LogP contribution in [0.15, 0.2) is 54.7 Å².